The minimum atomic E-state index is -0.742. The molecule has 3 N–H and O–H groups in total. The van der Waals surface area contributed by atoms with Gasteiger partial charge < -0.3 is 11.1 Å². The highest BCUT2D eigenvalue weighted by atomic mass is 19.1. The zero-order valence-electron chi connectivity index (χ0n) is 12.2. The molecule has 2 aromatic rings. The lowest BCUT2D eigenvalue weighted by Crippen LogP contribution is -2.49. The summed E-state index contributed by atoms with van der Waals surface area (Å²) in [5.41, 5.74) is 6.83. The third-order valence-electron chi connectivity index (χ3n) is 3.58. The lowest BCUT2D eigenvalue weighted by Gasteiger charge is -2.30. The summed E-state index contributed by atoms with van der Waals surface area (Å²) in [5, 5.41) is 2.84. The Kier molecular flexibility index (Phi) is 4.38. The number of nitrogens with two attached hydrogens (primary N) is 1. The summed E-state index contributed by atoms with van der Waals surface area (Å²) in [6, 6.07) is 13.9. The molecule has 0 aliphatic rings. The van der Waals surface area contributed by atoms with Crippen LogP contribution < -0.4 is 11.1 Å². The number of nitrogens with one attached hydrogen (secondary N) is 1. The van der Waals surface area contributed by atoms with E-state index in [1.807, 2.05) is 44.2 Å². The fraction of sp³-hybridized carbons (Fsp3) is 0.235. The van der Waals surface area contributed by atoms with Crippen LogP contribution in [0.2, 0.25) is 0 Å². The summed E-state index contributed by atoms with van der Waals surface area (Å²) in [4.78, 5) is 12.4. The molecule has 0 saturated carbocycles. The van der Waals surface area contributed by atoms with Crippen LogP contribution in [0.15, 0.2) is 48.5 Å². The van der Waals surface area contributed by atoms with E-state index in [1.165, 1.54) is 12.1 Å². The quantitative estimate of drug-likeness (QED) is 0.908. The molecule has 0 aliphatic heterocycles. The topological polar surface area (TPSA) is 55.1 Å². The summed E-state index contributed by atoms with van der Waals surface area (Å²) in [7, 11) is 0. The molecular formula is C17H19FN2O. The number of aryl methyl sites for hydroxylation is 1. The van der Waals surface area contributed by atoms with Gasteiger partial charge in [-0.3, -0.25) is 4.79 Å². The third kappa shape index (κ3) is 3.28. The Hall–Kier alpha value is -2.20. The van der Waals surface area contributed by atoms with Gasteiger partial charge in [-0.25, -0.2) is 4.39 Å². The first-order valence-electron chi connectivity index (χ1n) is 6.80. The SMILES string of the molecule is Cc1ccc(F)c(C(=O)NC(C)(CN)c2ccccc2)c1. The van der Waals surface area contributed by atoms with Crippen LogP contribution in [0.5, 0.6) is 0 Å². The molecule has 0 spiro atoms. The highest BCUT2D eigenvalue weighted by Gasteiger charge is 2.28. The number of halogens is 1. The molecule has 0 radical (unpaired) electrons. The minimum Gasteiger partial charge on any atom is -0.341 e. The van der Waals surface area contributed by atoms with Crippen molar-refractivity contribution in [2.24, 2.45) is 5.73 Å². The maximum absolute atomic E-state index is 13.8. The first-order valence-corrected chi connectivity index (χ1v) is 6.80. The molecular weight excluding hydrogens is 267 g/mol. The smallest absolute Gasteiger partial charge is 0.254 e. The van der Waals surface area contributed by atoms with Gasteiger partial charge in [-0.1, -0.05) is 42.0 Å². The predicted molar refractivity (Wildman–Crippen MR) is 81.5 cm³/mol. The highest BCUT2D eigenvalue weighted by molar-refractivity contribution is 5.95. The van der Waals surface area contributed by atoms with Crippen LogP contribution in [0.4, 0.5) is 4.39 Å². The third-order valence-corrected chi connectivity index (χ3v) is 3.58. The highest BCUT2D eigenvalue weighted by Crippen LogP contribution is 2.20. The van der Waals surface area contributed by atoms with Crippen LogP contribution in [-0.2, 0) is 5.54 Å². The molecule has 1 amide bonds. The molecule has 2 rings (SSSR count). The summed E-state index contributed by atoms with van der Waals surface area (Å²) >= 11 is 0. The average molecular weight is 286 g/mol. The number of carbonyl (C=O) groups excluding carboxylic acids is 1. The normalized spacial score (nSPS) is 13.5. The van der Waals surface area contributed by atoms with E-state index in [0.29, 0.717) is 0 Å². The zero-order chi connectivity index (χ0) is 15.5. The molecule has 0 aliphatic carbocycles. The zero-order valence-corrected chi connectivity index (χ0v) is 12.2. The molecule has 4 heteroatoms. The molecule has 0 bridgehead atoms. The Morgan fingerprint density at radius 1 is 1.24 bits per heavy atom. The molecule has 0 fully saturated rings. The van der Waals surface area contributed by atoms with Crippen molar-refractivity contribution >= 4 is 5.91 Å². The standard InChI is InChI=1S/C17H19FN2O/c1-12-8-9-15(18)14(10-12)16(21)20-17(2,11-19)13-6-4-3-5-7-13/h3-10H,11,19H2,1-2H3,(H,20,21). The molecule has 0 aromatic heterocycles. The summed E-state index contributed by atoms with van der Waals surface area (Å²) in [6.07, 6.45) is 0. The Morgan fingerprint density at radius 3 is 2.52 bits per heavy atom. The van der Waals surface area contributed by atoms with Crippen LogP contribution in [0.25, 0.3) is 0 Å². The Bertz CT molecular complexity index is 642. The van der Waals surface area contributed by atoms with E-state index in [9.17, 15) is 9.18 Å². The van der Waals surface area contributed by atoms with Crippen molar-refractivity contribution in [2.45, 2.75) is 19.4 Å². The van der Waals surface area contributed by atoms with Gasteiger partial charge >= 0.3 is 0 Å². The lowest BCUT2D eigenvalue weighted by atomic mass is 9.91. The van der Waals surface area contributed by atoms with E-state index in [4.69, 9.17) is 5.73 Å². The Labute approximate surface area is 124 Å². The van der Waals surface area contributed by atoms with Crippen LogP contribution in [0.3, 0.4) is 0 Å². The van der Waals surface area contributed by atoms with Gasteiger partial charge in [-0.15, -0.1) is 0 Å². The van der Waals surface area contributed by atoms with E-state index in [1.54, 1.807) is 6.07 Å². The molecule has 21 heavy (non-hydrogen) atoms. The summed E-state index contributed by atoms with van der Waals surface area (Å²) < 4.78 is 13.8. The first kappa shape index (κ1) is 15.2. The largest absolute Gasteiger partial charge is 0.341 e. The second-order valence-electron chi connectivity index (χ2n) is 5.34. The molecule has 110 valence electrons. The van der Waals surface area contributed by atoms with Gasteiger partial charge in [0.15, 0.2) is 0 Å². The van der Waals surface area contributed by atoms with Gasteiger partial charge in [-0.2, -0.15) is 0 Å². The van der Waals surface area contributed by atoms with Gasteiger partial charge in [0.25, 0.3) is 5.91 Å². The number of carbonyl (C=O) groups is 1. The van der Waals surface area contributed by atoms with Crippen molar-refractivity contribution < 1.29 is 9.18 Å². The van der Waals surface area contributed by atoms with Crippen LogP contribution in [0.1, 0.15) is 28.4 Å². The minimum absolute atomic E-state index is 0.0330. The number of benzene rings is 2. The molecule has 0 saturated heterocycles. The maximum Gasteiger partial charge on any atom is 0.254 e. The Balaban J connectivity index is 2.30. The molecule has 1 atom stereocenters. The second-order valence-corrected chi connectivity index (χ2v) is 5.34. The van der Waals surface area contributed by atoms with Crippen molar-refractivity contribution in [2.75, 3.05) is 6.54 Å². The van der Waals surface area contributed by atoms with Gasteiger partial charge in [-0.05, 0) is 31.5 Å². The summed E-state index contributed by atoms with van der Waals surface area (Å²) in [5.74, 6) is -1.00. The second kappa shape index (κ2) is 6.06. The number of hydrogen-bond donors (Lipinski definition) is 2. The van der Waals surface area contributed by atoms with Crippen molar-refractivity contribution in [1.29, 1.82) is 0 Å². The maximum atomic E-state index is 13.8. The lowest BCUT2D eigenvalue weighted by molar-refractivity contribution is 0.0903. The van der Waals surface area contributed by atoms with E-state index in [-0.39, 0.29) is 12.1 Å². The van der Waals surface area contributed by atoms with Crippen molar-refractivity contribution in [3.63, 3.8) is 0 Å². The monoisotopic (exact) mass is 286 g/mol. The number of amides is 1. The van der Waals surface area contributed by atoms with E-state index >= 15 is 0 Å². The fourth-order valence-corrected chi connectivity index (χ4v) is 2.18. The van der Waals surface area contributed by atoms with Crippen molar-refractivity contribution in [3.8, 4) is 0 Å². The fourth-order valence-electron chi connectivity index (χ4n) is 2.18. The number of rotatable bonds is 4. The van der Waals surface area contributed by atoms with Crippen LogP contribution in [0, 0.1) is 12.7 Å². The summed E-state index contributed by atoms with van der Waals surface area (Å²) in [6.45, 7) is 3.86. The molecule has 0 heterocycles. The van der Waals surface area contributed by atoms with Crippen LogP contribution >= 0.6 is 0 Å². The van der Waals surface area contributed by atoms with Crippen molar-refractivity contribution in [1.82, 2.24) is 5.32 Å². The molecule has 2 aromatic carbocycles. The molecule has 3 nitrogen and oxygen atoms in total. The van der Waals surface area contributed by atoms with Crippen LogP contribution in [-0.4, -0.2) is 12.5 Å². The predicted octanol–water partition coefficient (Wildman–Crippen LogP) is 2.74. The van der Waals surface area contributed by atoms with Gasteiger partial charge in [0.1, 0.15) is 5.82 Å². The average Bonchev–Trinajstić information content (AvgIpc) is 2.50. The number of hydrogen-bond acceptors (Lipinski definition) is 2. The van der Waals surface area contributed by atoms with Gasteiger partial charge in [0.05, 0.1) is 11.1 Å². The first-order chi connectivity index (χ1) is 9.96. The Morgan fingerprint density at radius 2 is 1.90 bits per heavy atom. The van der Waals surface area contributed by atoms with E-state index < -0.39 is 17.3 Å². The van der Waals surface area contributed by atoms with E-state index in [0.717, 1.165) is 11.1 Å². The van der Waals surface area contributed by atoms with E-state index in [2.05, 4.69) is 5.32 Å². The van der Waals surface area contributed by atoms with Crippen molar-refractivity contribution in [3.05, 3.63) is 71.0 Å². The van der Waals surface area contributed by atoms with Gasteiger partial charge in [0, 0.05) is 6.54 Å². The van der Waals surface area contributed by atoms with Gasteiger partial charge in [0.2, 0.25) is 0 Å². The molecule has 1 unspecified atom stereocenters.